The lowest BCUT2D eigenvalue weighted by Gasteiger charge is -2.20. The molecule has 0 aliphatic heterocycles. The smallest absolute Gasteiger partial charge is 0.236 e. The molecule has 1 N–H and O–H groups in total. The lowest BCUT2D eigenvalue weighted by Crippen LogP contribution is -2.37. The van der Waals surface area contributed by atoms with Crippen LogP contribution in [0.4, 0.5) is 10.1 Å². The van der Waals surface area contributed by atoms with E-state index in [1.165, 1.54) is 12.1 Å². The van der Waals surface area contributed by atoms with E-state index in [1.807, 2.05) is 32.1 Å². The Bertz CT molecular complexity index is 868. The van der Waals surface area contributed by atoms with E-state index in [-0.39, 0.29) is 17.5 Å². The van der Waals surface area contributed by atoms with Gasteiger partial charge in [0.2, 0.25) is 5.91 Å². The number of carbonyl (C=O) groups excluding carboxylic acids is 3. The first-order valence-electron chi connectivity index (χ1n) is 10.7. The van der Waals surface area contributed by atoms with Crippen LogP contribution in [0.3, 0.4) is 0 Å². The Balaban J connectivity index is 0.000000696. The largest absolute Gasteiger partial charge is 0.325 e. The number of ketones is 1. The summed E-state index contributed by atoms with van der Waals surface area (Å²) in [6, 6.07) is 14.9. The van der Waals surface area contributed by atoms with Crippen molar-refractivity contribution in [3.05, 3.63) is 84.7 Å². The Hall–Kier alpha value is -2.99. The zero-order chi connectivity index (χ0) is 25.2. The average molecular weight is 472 g/mol. The molecule has 0 aliphatic rings. The maximum absolute atomic E-state index is 12.4. The molecule has 2 atom stereocenters. The van der Waals surface area contributed by atoms with Gasteiger partial charge in [-0.05, 0) is 57.2 Å². The summed E-state index contributed by atoms with van der Waals surface area (Å²) >= 11 is 3.97. The minimum absolute atomic E-state index is 0.220. The lowest BCUT2D eigenvalue weighted by molar-refractivity contribution is -0.136. The number of thiol groups is 1. The number of allylic oxidation sites excluding steroid dienone is 4. The summed E-state index contributed by atoms with van der Waals surface area (Å²) < 4.78 is 12.1. The highest BCUT2D eigenvalue weighted by Crippen LogP contribution is 2.20. The average Bonchev–Trinajstić information content (AvgIpc) is 2.81. The number of benzene rings is 2. The number of amides is 1. The zero-order valence-electron chi connectivity index (χ0n) is 19.9. The Morgan fingerprint density at radius 1 is 0.909 bits per heavy atom. The van der Waals surface area contributed by atoms with Crippen LogP contribution in [0.25, 0.3) is 0 Å². The van der Waals surface area contributed by atoms with E-state index >= 15 is 0 Å². The third kappa shape index (κ3) is 12.6. The van der Waals surface area contributed by atoms with E-state index in [9.17, 15) is 18.8 Å². The van der Waals surface area contributed by atoms with Crippen LogP contribution < -0.4 is 5.32 Å². The number of anilines is 1. The van der Waals surface area contributed by atoms with Gasteiger partial charge in [0.1, 0.15) is 23.8 Å². The van der Waals surface area contributed by atoms with Gasteiger partial charge in [-0.15, -0.1) is 12.6 Å². The van der Waals surface area contributed by atoms with Gasteiger partial charge in [-0.1, -0.05) is 56.4 Å². The monoisotopic (exact) mass is 471 g/mol. The highest BCUT2D eigenvalue weighted by molar-refractivity contribution is 7.80. The second-order valence-electron chi connectivity index (χ2n) is 7.27. The van der Waals surface area contributed by atoms with E-state index in [0.29, 0.717) is 12.0 Å². The van der Waals surface area contributed by atoms with E-state index < -0.39 is 17.7 Å². The first-order chi connectivity index (χ1) is 15.7. The van der Waals surface area contributed by atoms with Gasteiger partial charge < -0.3 is 10.1 Å². The minimum atomic E-state index is -1.00. The molecule has 2 aromatic rings. The third-order valence-corrected chi connectivity index (χ3v) is 4.61. The van der Waals surface area contributed by atoms with Crippen molar-refractivity contribution in [3.63, 3.8) is 0 Å². The highest BCUT2D eigenvalue weighted by atomic mass is 32.1. The first-order valence-corrected chi connectivity index (χ1v) is 11.2. The second-order valence-corrected chi connectivity index (χ2v) is 7.79. The fourth-order valence-corrected chi connectivity index (χ4v) is 2.64. The normalized spacial score (nSPS) is 12.2. The molecule has 0 spiro atoms. The number of para-hydroxylation sites is 1. The van der Waals surface area contributed by atoms with Crippen LogP contribution in [-0.4, -0.2) is 18.0 Å². The van der Waals surface area contributed by atoms with Gasteiger partial charge in [-0.3, -0.25) is 9.59 Å². The van der Waals surface area contributed by atoms with Crippen LogP contribution in [0.1, 0.15) is 34.6 Å². The van der Waals surface area contributed by atoms with Crippen molar-refractivity contribution in [2.24, 2.45) is 17.8 Å². The standard InChI is InChI=1S/C17H21NO3.C6H5FS.C4H8/c1-4-8-13(11-19)15(16(20)12(2)3)17(21)18-14-9-6-5-7-10-14;7-5-1-3-6(8)4-2-5;1-3-4-2/h4-13,15H,1-3H3,(H,18,21);1-4,8H;3-4H,1-2H3/b8-4+;;4-3-. The molecule has 0 aliphatic carbocycles. The topological polar surface area (TPSA) is 63.2 Å². The molecule has 0 bridgehead atoms. The van der Waals surface area contributed by atoms with Crippen molar-refractivity contribution in [3.8, 4) is 0 Å². The number of hydrogen-bond acceptors (Lipinski definition) is 4. The van der Waals surface area contributed by atoms with Crippen LogP contribution in [0.2, 0.25) is 0 Å². The number of hydrogen-bond donors (Lipinski definition) is 2. The van der Waals surface area contributed by atoms with E-state index in [1.54, 1.807) is 69.3 Å². The van der Waals surface area contributed by atoms with Crippen molar-refractivity contribution in [1.82, 2.24) is 0 Å². The van der Waals surface area contributed by atoms with Crippen LogP contribution in [0.15, 0.2) is 83.8 Å². The molecule has 0 aromatic heterocycles. The fourth-order valence-electron chi connectivity index (χ4n) is 2.49. The van der Waals surface area contributed by atoms with Gasteiger partial charge in [0.05, 0.1) is 5.92 Å². The van der Waals surface area contributed by atoms with Crippen LogP contribution >= 0.6 is 12.6 Å². The van der Waals surface area contributed by atoms with Crippen molar-refractivity contribution in [2.45, 2.75) is 39.5 Å². The quantitative estimate of drug-likeness (QED) is 0.208. The van der Waals surface area contributed by atoms with Gasteiger partial charge in [0.15, 0.2) is 0 Å². The molecular formula is C27H34FNO3S. The molecule has 2 rings (SSSR count). The van der Waals surface area contributed by atoms with Crippen LogP contribution in [0, 0.1) is 23.6 Å². The van der Waals surface area contributed by atoms with Crippen molar-refractivity contribution in [2.75, 3.05) is 5.32 Å². The number of halogens is 1. The molecule has 33 heavy (non-hydrogen) atoms. The molecule has 0 saturated carbocycles. The van der Waals surface area contributed by atoms with Crippen molar-refractivity contribution >= 4 is 36.3 Å². The molecule has 4 nitrogen and oxygen atoms in total. The van der Waals surface area contributed by atoms with E-state index in [4.69, 9.17) is 0 Å². The predicted molar refractivity (Wildman–Crippen MR) is 137 cm³/mol. The van der Waals surface area contributed by atoms with Crippen molar-refractivity contribution in [1.29, 1.82) is 0 Å². The van der Waals surface area contributed by atoms with Crippen LogP contribution in [-0.2, 0) is 14.4 Å². The molecule has 0 saturated heterocycles. The van der Waals surface area contributed by atoms with Crippen LogP contribution in [0.5, 0.6) is 0 Å². The number of aldehydes is 1. The number of carbonyl (C=O) groups is 3. The zero-order valence-corrected chi connectivity index (χ0v) is 20.8. The maximum Gasteiger partial charge on any atom is 0.236 e. The summed E-state index contributed by atoms with van der Waals surface area (Å²) in [6.45, 7) is 9.20. The third-order valence-electron chi connectivity index (χ3n) is 4.32. The number of rotatable bonds is 7. The van der Waals surface area contributed by atoms with E-state index in [2.05, 4.69) is 17.9 Å². The Kier molecular flexibility index (Phi) is 16.0. The molecule has 2 aromatic carbocycles. The Labute approximate surface area is 202 Å². The summed E-state index contributed by atoms with van der Waals surface area (Å²) in [5, 5.41) is 2.70. The molecule has 0 heterocycles. The summed E-state index contributed by atoms with van der Waals surface area (Å²) in [7, 11) is 0. The Morgan fingerprint density at radius 2 is 1.45 bits per heavy atom. The van der Waals surface area contributed by atoms with Gasteiger partial charge in [-0.2, -0.15) is 0 Å². The van der Waals surface area contributed by atoms with Crippen molar-refractivity contribution < 1.29 is 18.8 Å². The first kappa shape index (κ1) is 30.0. The molecule has 1 amide bonds. The molecular weight excluding hydrogens is 437 g/mol. The SMILES string of the molecule is C/C=C/C(C=O)C(C(=O)Nc1ccccc1)C(=O)C(C)C.C/C=C\C.Fc1ccc(S)cc1. The van der Waals surface area contributed by atoms with E-state index in [0.717, 1.165) is 4.90 Å². The second kappa shape index (κ2) is 17.6. The number of Topliss-reactive ketones (excluding diaryl/α,β-unsaturated/α-hetero) is 1. The summed E-state index contributed by atoms with van der Waals surface area (Å²) in [5.74, 6) is -2.96. The summed E-state index contributed by atoms with van der Waals surface area (Å²) in [5.41, 5.74) is 0.606. The molecule has 2 unspecified atom stereocenters. The van der Waals surface area contributed by atoms with Gasteiger partial charge in [0.25, 0.3) is 0 Å². The summed E-state index contributed by atoms with van der Waals surface area (Å²) in [4.78, 5) is 36.7. The highest BCUT2D eigenvalue weighted by Gasteiger charge is 2.34. The maximum atomic E-state index is 12.4. The Morgan fingerprint density at radius 3 is 1.85 bits per heavy atom. The van der Waals surface area contributed by atoms with Gasteiger partial charge in [-0.25, -0.2) is 4.39 Å². The van der Waals surface area contributed by atoms with Gasteiger partial charge >= 0.3 is 0 Å². The summed E-state index contributed by atoms with van der Waals surface area (Å²) in [6.07, 6.45) is 7.91. The molecule has 0 fully saturated rings. The lowest BCUT2D eigenvalue weighted by atomic mass is 9.84. The molecule has 178 valence electrons. The molecule has 0 radical (unpaired) electrons. The van der Waals surface area contributed by atoms with Gasteiger partial charge in [0, 0.05) is 16.5 Å². The minimum Gasteiger partial charge on any atom is -0.325 e. The number of nitrogens with one attached hydrogen (secondary N) is 1. The fraction of sp³-hybridized carbons (Fsp3) is 0.296. The predicted octanol–water partition coefficient (Wildman–Crippen LogP) is 6.55. The molecule has 6 heteroatoms.